The van der Waals surface area contributed by atoms with Gasteiger partial charge in [-0.2, -0.15) is 0 Å². The van der Waals surface area contributed by atoms with Gasteiger partial charge in [0.2, 0.25) is 0 Å². The van der Waals surface area contributed by atoms with E-state index in [4.69, 9.17) is 0 Å². The van der Waals surface area contributed by atoms with Gasteiger partial charge in [0.1, 0.15) is 0 Å². The van der Waals surface area contributed by atoms with E-state index in [1.165, 1.54) is 25.0 Å². The second kappa shape index (κ2) is 7.78. The fourth-order valence-corrected chi connectivity index (χ4v) is 1.05. The molecule has 0 heterocycles. The third-order valence-electron chi connectivity index (χ3n) is 1.87. The van der Waals surface area contributed by atoms with Crippen molar-refractivity contribution < 1.29 is 0 Å². The van der Waals surface area contributed by atoms with E-state index in [2.05, 4.69) is 18.2 Å². The highest BCUT2D eigenvalue weighted by molar-refractivity contribution is 5.78. The lowest BCUT2D eigenvalue weighted by atomic mass is 10.1. The van der Waals surface area contributed by atoms with Gasteiger partial charge in [-0.25, -0.2) is 0 Å². The Morgan fingerprint density at radius 2 is 1.92 bits per heavy atom. The molecule has 0 aliphatic rings. The summed E-state index contributed by atoms with van der Waals surface area (Å²) >= 11 is 0. The first-order chi connectivity index (χ1) is 6.16. The van der Waals surface area contributed by atoms with E-state index >= 15 is 0 Å². The summed E-state index contributed by atoms with van der Waals surface area (Å²) in [4.78, 5) is 4.34. The van der Waals surface area contributed by atoms with Crippen LogP contribution in [0.4, 0.5) is 0 Å². The Kier molecular flexibility index (Phi) is 7.27. The molecule has 0 atom stereocenters. The molecule has 0 aliphatic carbocycles. The molecule has 0 aromatic heterocycles. The highest BCUT2D eigenvalue weighted by Crippen LogP contribution is 2.07. The summed E-state index contributed by atoms with van der Waals surface area (Å²) in [6, 6.07) is 0. The maximum atomic E-state index is 4.34. The SMILES string of the molecule is C=CC(=C)CCCCCN=C(C)C. The van der Waals surface area contributed by atoms with Crippen molar-refractivity contribution in [2.24, 2.45) is 4.99 Å². The second-order valence-electron chi connectivity index (χ2n) is 3.50. The molecule has 0 saturated heterocycles. The molecule has 13 heavy (non-hydrogen) atoms. The standard InChI is InChI=1S/C12H21N/c1-5-12(4)9-7-6-8-10-13-11(2)3/h5H,1,4,6-10H2,2-3H3. The largest absolute Gasteiger partial charge is 0.295 e. The van der Waals surface area contributed by atoms with Crippen LogP contribution in [0.2, 0.25) is 0 Å². The van der Waals surface area contributed by atoms with Crippen LogP contribution in [-0.2, 0) is 0 Å². The maximum Gasteiger partial charge on any atom is 0.0388 e. The number of rotatable bonds is 7. The topological polar surface area (TPSA) is 12.4 Å². The van der Waals surface area contributed by atoms with Crippen LogP contribution < -0.4 is 0 Å². The van der Waals surface area contributed by atoms with Crippen LogP contribution in [0.15, 0.2) is 29.8 Å². The zero-order valence-corrected chi connectivity index (χ0v) is 8.97. The number of hydrogen-bond acceptors (Lipinski definition) is 1. The maximum absolute atomic E-state index is 4.34. The minimum Gasteiger partial charge on any atom is -0.295 e. The molecule has 1 heteroatoms. The first-order valence-electron chi connectivity index (χ1n) is 4.94. The molecule has 0 spiro atoms. The summed E-state index contributed by atoms with van der Waals surface area (Å²) in [6.45, 7) is 12.6. The first kappa shape index (κ1) is 12.2. The summed E-state index contributed by atoms with van der Waals surface area (Å²) in [5.74, 6) is 0. The fraction of sp³-hybridized carbons (Fsp3) is 0.583. The smallest absolute Gasteiger partial charge is 0.0388 e. The van der Waals surface area contributed by atoms with E-state index in [1.54, 1.807) is 0 Å². The summed E-state index contributed by atoms with van der Waals surface area (Å²) in [6.07, 6.45) is 6.56. The van der Waals surface area contributed by atoms with Crippen molar-refractivity contribution in [2.45, 2.75) is 39.5 Å². The molecule has 0 aliphatic heterocycles. The molecule has 0 rings (SSSR count). The van der Waals surface area contributed by atoms with Gasteiger partial charge in [-0.15, -0.1) is 0 Å². The van der Waals surface area contributed by atoms with Crippen molar-refractivity contribution in [1.82, 2.24) is 0 Å². The molecule has 0 aromatic rings. The minimum atomic E-state index is 0.975. The molecule has 0 N–H and O–H groups in total. The lowest BCUT2D eigenvalue weighted by Crippen LogP contribution is -1.87. The first-order valence-corrected chi connectivity index (χ1v) is 4.94. The van der Waals surface area contributed by atoms with E-state index in [0.29, 0.717) is 0 Å². The van der Waals surface area contributed by atoms with E-state index in [9.17, 15) is 0 Å². The molecule has 0 aromatic carbocycles. The zero-order valence-electron chi connectivity index (χ0n) is 8.97. The Labute approximate surface area is 82.3 Å². The van der Waals surface area contributed by atoms with Crippen LogP contribution in [0.25, 0.3) is 0 Å². The number of allylic oxidation sites excluding steroid dienone is 2. The third kappa shape index (κ3) is 9.06. The van der Waals surface area contributed by atoms with Crippen LogP contribution >= 0.6 is 0 Å². The van der Waals surface area contributed by atoms with Crippen LogP contribution in [0, 0.1) is 0 Å². The van der Waals surface area contributed by atoms with Gasteiger partial charge in [-0.3, -0.25) is 4.99 Å². The van der Waals surface area contributed by atoms with Gasteiger partial charge in [-0.1, -0.05) is 31.2 Å². The lowest BCUT2D eigenvalue weighted by molar-refractivity contribution is 0.689. The quantitative estimate of drug-likeness (QED) is 0.320. The van der Waals surface area contributed by atoms with Crippen molar-refractivity contribution in [3.63, 3.8) is 0 Å². The monoisotopic (exact) mass is 179 g/mol. The van der Waals surface area contributed by atoms with Crippen molar-refractivity contribution in [3.8, 4) is 0 Å². The Bertz CT molecular complexity index is 185. The average molecular weight is 179 g/mol. The Morgan fingerprint density at radius 3 is 2.46 bits per heavy atom. The molecule has 0 unspecified atom stereocenters. The van der Waals surface area contributed by atoms with Crippen LogP contribution in [0.3, 0.4) is 0 Å². The van der Waals surface area contributed by atoms with Crippen molar-refractivity contribution in [2.75, 3.05) is 6.54 Å². The zero-order chi connectivity index (χ0) is 10.1. The molecular weight excluding hydrogens is 158 g/mol. The van der Waals surface area contributed by atoms with Gasteiger partial charge < -0.3 is 0 Å². The summed E-state index contributed by atoms with van der Waals surface area (Å²) in [5.41, 5.74) is 2.32. The van der Waals surface area contributed by atoms with Crippen LogP contribution in [0.1, 0.15) is 39.5 Å². The highest BCUT2D eigenvalue weighted by atomic mass is 14.7. The van der Waals surface area contributed by atoms with E-state index in [1.807, 2.05) is 19.9 Å². The average Bonchev–Trinajstić information content (AvgIpc) is 2.10. The van der Waals surface area contributed by atoms with E-state index in [0.717, 1.165) is 18.5 Å². The molecule has 0 bridgehead atoms. The number of unbranched alkanes of at least 4 members (excludes halogenated alkanes) is 2. The summed E-state index contributed by atoms with van der Waals surface area (Å²) < 4.78 is 0. The molecule has 0 radical (unpaired) electrons. The number of hydrogen-bond donors (Lipinski definition) is 0. The van der Waals surface area contributed by atoms with Crippen LogP contribution in [-0.4, -0.2) is 12.3 Å². The van der Waals surface area contributed by atoms with Gasteiger partial charge in [0.05, 0.1) is 0 Å². The summed E-state index contributed by atoms with van der Waals surface area (Å²) in [5, 5.41) is 0. The molecule has 0 amide bonds. The predicted molar refractivity (Wildman–Crippen MR) is 61.5 cm³/mol. The molecule has 0 saturated carbocycles. The van der Waals surface area contributed by atoms with E-state index < -0.39 is 0 Å². The minimum absolute atomic E-state index is 0.975. The van der Waals surface area contributed by atoms with Gasteiger partial charge >= 0.3 is 0 Å². The molecule has 1 nitrogen and oxygen atoms in total. The lowest BCUT2D eigenvalue weighted by Gasteiger charge is -1.99. The molecule has 74 valence electrons. The molecular formula is C12H21N. The third-order valence-corrected chi connectivity index (χ3v) is 1.87. The Balaban J connectivity index is 3.22. The van der Waals surface area contributed by atoms with Gasteiger partial charge in [0.25, 0.3) is 0 Å². The fourth-order valence-electron chi connectivity index (χ4n) is 1.05. The van der Waals surface area contributed by atoms with E-state index in [-0.39, 0.29) is 0 Å². The van der Waals surface area contributed by atoms with Gasteiger partial charge in [0.15, 0.2) is 0 Å². The van der Waals surface area contributed by atoms with Crippen molar-refractivity contribution in [3.05, 3.63) is 24.8 Å². The van der Waals surface area contributed by atoms with Crippen molar-refractivity contribution in [1.29, 1.82) is 0 Å². The van der Waals surface area contributed by atoms with Crippen LogP contribution in [0.5, 0.6) is 0 Å². The van der Waals surface area contributed by atoms with Gasteiger partial charge in [-0.05, 0) is 33.1 Å². The molecule has 0 fully saturated rings. The normalized spacial score (nSPS) is 9.38. The van der Waals surface area contributed by atoms with Crippen molar-refractivity contribution >= 4 is 5.71 Å². The number of aliphatic imine (C=N–C) groups is 1. The Morgan fingerprint density at radius 1 is 1.23 bits per heavy atom. The Hall–Kier alpha value is -0.850. The number of nitrogens with zero attached hydrogens (tertiary/aromatic N) is 1. The van der Waals surface area contributed by atoms with Gasteiger partial charge in [0, 0.05) is 12.3 Å². The second-order valence-corrected chi connectivity index (χ2v) is 3.50. The predicted octanol–water partition coefficient (Wildman–Crippen LogP) is 3.77. The highest BCUT2D eigenvalue weighted by Gasteiger charge is 1.90. The summed E-state index contributed by atoms with van der Waals surface area (Å²) in [7, 11) is 0.